The molecule has 13 heteroatoms. The predicted octanol–water partition coefficient (Wildman–Crippen LogP) is 5.88. The maximum Gasteiger partial charge on any atom is 0.409 e. The molecule has 8 nitrogen and oxygen atoms in total. The molecular weight excluding hydrogens is 567 g/mol. The number of benzene rings is 1. The summed E-state index contributed by atoms with van der Waals surface area (Å²) in [6, 6.07) is 4.27. The van der Waals surface area contributed by atoms with Gasteiger partial charge in [0.2, 0.25) is 5.95 Å². The van der Waals surface area contributed by atoms with Crippen molar-refractivity contribution in [2.24, 2.45) is 5.41 Å². The smallest absolute Gasteiger partial charge is 0.316 e. The molecule has 3 aliphatic rings. The number of fused-ring (bicyclic) bond motifs is 3. The first kappa shape index (κ1) is 28.1. The maximum absolute atomic E-state index is 15.0. The van der Waals surface area contributed by atoms with Crippen molar-refractivity contribution in [2.45, 2.75) is 51.4 Å². The first-order chi connectivity index (χ1) is 20.6. The fourth-order valence-corrected chi connectivity index (χ4v) is 6.84. The van der Waals surface area contributed by atoms with E-state index in [1.807, 2.05) is 6.07 Å². The number of nitrogens with one attached hydrogen (secondary N) is 1. The highest BCUT2D eigenvalue weighted by molar-refractivity contribution is 5.83. The average Bonchev–Trinajstić information content (AvgIpc) is 3.55. The van der Waals surface area contributed by atoms with Crippen LogP contribution in [0.5, 0.6) is 0 Å². The number of hydrogen-bond donors (Lipinski definition) is 1. The maximum atomic E-state index is 15.0. The number of halogens is 5. The lowest BCUT2D eigenvalue weighted by Crippen LogP contribution is -2.59. The lowest BCUT2D eigenvalue weighted by atomic mass is 9.72. The number of anilines is 2. The van der Waals surface area contributed by atoms with Crippen molar-refractivity contribution < 1.29 is 22.0 Å². The van der Waals surface area contributed by atoms with E-state index in [0.29, 0.717) is 11.2 Å². The van der Waals surface area contributed by atoms with Crippen LogP contribution in [0.2, 0.25) is 0 Å². The molecule has 1 spiro atoms. The van der Waals surface area contributed by atoms with E-state index < -0.39 is 23.9 Å². The van der Waals surface area contributed by atoms with Crippen LogP contribution in [0.1, 0.15) is 43.6 Å². The van der Waals surface area contributed by atoms with Crippen molar-refractivity contribution in [3.63, 3.8) is 0 Å². The summed E-state index contributed by atoms with van der Waals surface area (Å²) in [5.41, 5.74) is 1.03. The van der Waals surface area contributed by atoms with E-state index in [4.69, 9.17) is 0 Å². The van der Waals surface area contributed by atoms with E-state index in [0.717, 1.165) is 48.6 Å². The largest absolute Gasteiger partial charge is 0.409 e. The Labute approximate surface area is 245 Å². The summed E-state index contributed by atoms with van der Waals surface area (Å²) in [5.74, 6) is -1.07. The van der Waals surface area contributed by atoms with E-state index >= 15 is 4.39 Å². The molecule has 1 N–H and O–H groups in total. The molecule has 226 valence electrons. The van der Waals surface area contributed by atoms with Crippen molar-refractivity contribution in [3.05, 3.63) is 59.7 Å². The summed E-state index contributed by atoms with van der Waals surface area (Å²) in [6.45, 7) is 8.68. The first-order valence-corrected chi connectivity index (χ1v) is 14.6. The molecule has 1 atom stereocenters. The van der Waals surface area contributed by atoms with Crippen LogP contribution in [-0.4, -0.2) is 73.2 Å². The number of aromatic nitrogens is 5. The van der Waals surface area contributed by atoms with Crippen molar-refractivity contribution in [2.75, 3.05) is 38.0 Å². The Balaban J connectivity index is 1.06. The molecule has 1 unspecified atom stereocenters. The molecule has 4 aromatic rings. The van der Waals surface area contributed by atoms with Gasteiger partial charge in [0.05, 0.1) is 11.7 Å². The first-order valence-electron chi connectivity index (χ1n) is 14.6. The van der Waals surface area contributed by atoms with Crippen molar-refractivity contribution >= 4 is 22.8 Å². The van der Waals surface area contributed by atoms with Crippen LogP contribution in [-0.2, 0) is 13.0 Å². The number of aryl methyl sites for hydroxylation is 1. The van der Waals surface area contributed by atoms with E-state index in [1.165, 1.54) is 32.0 Å². The number of likely N-dealkylation sites (tertiary alicyclic amines) is 2. The van der Waals surface area contributed by atoms with Crippen molar-refractivity contribution in [3.8, 4) is 11.3 Å². The van der Waals surface area contributed by atoms with Crippen LogP contribution in [0.3, 0.4) is 0 Å². The molecule has 7 rings (SSSR count). The summed E-state index contributed by atoms with van der Waals surface area (Å²) in [7, 11) is 0. The van der Waals surface area contributed by atoms with Crippen LogP contribution in [0.25, 0.3) is 22.3 Å². The third kappa shape index (κ3) is 5.22. The third-order valence-corrected chi connectivity index (χ3v) is 9.12. The van der Waals surface area contributed by atoms with Gasteiger partial charge in [-0.3, -0.25) is 4.90 Å². The Morgan fingerprint density at radius 1 is 0.977 bits per heavy atom. The van der Waals surface area contributed by atoms with Crippen LogP contribution in [0.4, 0.5) is 33.7 Å². The Kier molecular flexibility index (Phi) is 6.84. The number of pyridine rings is 1. The molecule has 3 aliphatic heterocycles. The molecule has 0 radical (unpaired) electrons. The molecule has 2 saturated heterocycles. The van der Waals surface area contributed by atoms with Gasteiger partial charge < -0.3 is 14.8 Å². The Bertz CT molecular complexity index is 1650. The second-order valence-corrected chi connectivity index (χ2v) is 12.0. The quantitative estimate of drug-likeness (QED) is 0.278. The van der Waals surface area contributed by atoms with Gasteiger partial charge >= 0.3 is 6.18 Å². The third-order valence-electron chi connectivity index (χ3n) is 9.12. The van der Waals surface area contributed by atoms with Crippen LogP contribution in [0, 0.1) is 17.0 Å². The number of piperidine rings is 1. The number of rotatable bonds is 6. The highest BCUT2D eigenvalue weighted by atomic mass is 19.4. The Morgan fingerprint density at radius 2 is 1.77 bits per heavy atom. The number of alkyl halides is 3. The summed E-state index contributed by atoms with van der Waals surface area (Å²) in [5, 5.41) is 2.94. The van der Waals surface area contributed by atoms with E-state index in [-0.39, 0.29) is 46.9 Å². The SMILES string of the molecule is CCN1CCC2(CC1)CN(Cc1ccc(Nc3ncc(F)c(-c4cc(F)c5nc6n(c5c4)C(C(F)(F)F)CC6)n3)nc1)C2. The molecular formula is C30H31F5N8. The van der Waals surface area contributed by atoms with Gasteiger partial charge in [0.25, 0.3) is 0 Å². The van der Waals surface area contributed by atoms with Crippen molar-refractivity contribution in [1.29, 1.82) is 0 Å². The number of imidazole rings is 1. The van der Waals surface area contributed by atoms with E-state index in [1.54, 1.807) is 12.3 Å². The van der Waals surface area contributed by atoms with Gasteiger partial charge in [-0.2, -0.15) is 13.2 Å². The van der Waals surface area contributed by atoms with E-state index in [9.17, 15) is 17.6 Å². The van der Waals surface area contributed by atoms with Gasteiger partial charge in [-0.05, 0) is 68.1 Å². The second-order valence-electron chi connectivity index (χ2n) is 12.0. The monoisotopic (exact) mass is 598 g/mol. The minimum absolute atomic E-state index is 0.0144. The molecule has 3 aromatic heterocycles. The molecule has 43 heavy (non-hydrogen) atoms. The highest BCUT2D eigenvalue weighted by Crippen LogP contribution is 2.43. The number of hydrogen-bond acceptors (Lipinski definition) is 7. The summed E-state index contributed by atoms with van der Waals surface area (Å²) < 4.78 is 71.9. The Morgan fingerprint density at radius 3 is 2.47 bits per heavy atom. The summed E-state index contributed by atoms with van der Waals surface area (Å²) >= 11 is 0. The number of nitrogens with zero attached hydrogens (tertiary/aromatic N) is 7. The summed E-state index contributed by atoms with van der Waals surface area (Å²) in [6.07, 6.45) is 0.588. The molecule has 0 saturated carbocycles. The van der Waals surface area contributed by atoms with Gasteiger partial charge in [-0.25, -0.2) is 28.7 Å². The second kappa shape index (κ2) is 10.5. The van der Waals surface area contributed by atoms with Gasteiger partial charge in [-0.15, -0.1) is 0 Å². The van der Waals surface area contributed by atoms with Crippen LogP contribution >= 0.6 is 0 Å². The average molecular weight is 599 g/mol. The molecule has 1 aromatic carbocycles. The zero-order valence-corrected chi connectivity index (χ0v) is 23.6. The molecule has 6 heterocycles. The molecule has 0 aliphatic carbocycles. The normalized spacial score (nSPS) is 20.5. The highest BCUT2D eigenvalue weighted by Gasteiger charge is 2.46. The fourth-order valence-electron chi connectivity index (χ4n) is 6.84. The minimum Gasteiger partial charge on any atom is -0.316 e. The zero-order valence-electron chi connectivity index (χ0n) is 23.6. The van der Waals surface area contributed by atoms with Gasteiger partial charge in [0.1, 0.15) is 28.9 Å². The molecule has 0 bridgehead atoms. The molecule has 2 fully saturated rings. The van der Waals surface area contributed by atoms with Gasteiger partial charge in [-0.1, -0.05) is 13.0 Å². The zero-order chi connectivity index (χ0) is 29.9. The molecule has 0 amide bonds. The van der Waals surface area contributed by atoms with Gasteiger partial charge in [0.15, 0.2) is 11.6 Å². The van der Waals surface area contributed by atoms with E-state index in [2.05, 4.69) is 42.0 Å². The lowest BCUT2D eigenvalue weighted by molar-refractivity contribution is -0.164. The predicted molar refractivity (Wildman–Crippen MR) is 151 cm³/mol. The topological polar surface area (TPSA) is 75.0 Å². The van der Waals surface area contributed by atoms with Crippen LogP contribution in [0.15, 0.2) is 36.7 Å². The minimum atomic E-state index is -4.52. The standard InChI is InChI=1S/C30H31F5N8/c1-2-41-9-7-29(8-10-41)16-42(17-29)15-18-3-5-24(36-13-18)38-28-37-14-21(32)26(40-28)19-11-20(31)27-22(12-19)43-23(30(33,34)35)4-6-25(43)39-27/h3,5,11-14,23H,2,4,6-10,15-17H2,1H3,(H,36,37,38,40). The Hall–Kier alpha value is -3.71. The summed E-state index contributed by atoms with van der Waals surface area (Å²) in [4.78, 5) is 21.7. The van der Waals surface area contributed by atoms with Crippen molar-refractivity contribution in [1.82, 2.24) is 34.3 Å². The van der Waals surface area contributed by atoms with Crippen LogP contribution < -0.4 is 5.32 Å². The van der Waals surface area contributed by atoms with Gasteiger partial charge in [0, 0.05) is 37.8 Å². The lowest BCUT2D eigenvalue weighted by Gasteiger charge is -2.54. The fraction of sp³-hybridized carbons (Fsp3) is 0.467.